The Morgan fingerprint density at radius 2 is 2.07 bits per heavy atom. The highest BCUT2D eigenvalue weighted by Gasteiger charge is 2.38. The zero-order valence-corrected chi connectivity index (χ0v) is 16.7. The van der Waals surface area contributed by atoms with Crippen molar-refractivity contribution >= 4 is 17.8 Å². The van der Waals surface area contributed by atoms with Gasteiger partial charge >= 0.3 is 17.8 Å². The van der Waals surface area contributed by atoms with Gasteiger partial charge in [0.15, 0.2) is 0 Å². The Balaban J connectivity index is 1.38. The molecule has 1 atom stereocenters. The molecule has 11 heteroatoms. The lowest BCUT2D eigenvalue weighted by Gasteiger charge is -2.38. The summed E-state index contributed by atoms with van der Waals surface area (Å²) in [5.74, 6) is -0.396. The average Bonchev–Trinajstić information content (AvgIpc) is 3.24. The number of rotatable bonds is 4. The minimum atomic E-state index is -0.749. The number of piperazine rings is 1. The van der Waals surface area contributed by atoms with Gasteiger partial charge in [-0.3, -0.25) is 19.5 Å². The van der Waals surface area contributed by atoms with Crippen LogP contribution in [0.4, 0.5) is 4.79 Å². The van der Waals surface area contributed by atoms with Crippen molar-refractivity contribution in [3.8, 4) is 11.5 Å². The number of nitrogens with zero attached hydrogens (tertiary/aromatic N) is 7. The van der Waals surface area contributed by atoms with Crippen molar-refractivity contribution in [2.45, 2.75) is 26.2 Å². The third kappa shape index (κ3) is 4.00. The van der Waals surface area contributed by atoms with E-state index in [1.54, 1.807) is 23.5 Å². The number of likely N-dealkylation sites (N-methyl/N-ethyl adjacent to an activating group) is 1. The summed E-state index contributed by atoms with van der Waals surface area (Å²) in [6, 6.07) is -0.403. The molecule has 4 rings (SSSR count). The largest absolute Gasteiger partial charge is 0.339 e. The maximum Gasteiger partial charge on any atom is 0.327 e. The standard InChI is InChI=1S/C19H23N7O4/c1-2-24-8-9-26(18(28)17(24)27)19(29)25-7-3-4-13(12-25)10-15-22-16(23-30-15)14-11-20-5-6-21-14/h5-6,11,13H,2-4,7-10,12H2,1H3/t13-/m0/s1. The first kappa shape index (κ1) is 19.9. The lowest BCUT2D eigenvalue weighted by molar-refractivity contribution is -0.154. The Labute approximate surface area is 173 Å². The molecule has 4 amide bonds. The summed E-state index contributed by atoms with van der Waals surface area (Å²) in [5, 5.41) is 3.95. The number of piperidine rings is 1. The van der Waals surface area contributed by atoms with Crippen LogP contribution in [0.15, 0.2) is 23.1 Å². The van der Waals surface area contributed by atoms with Gasteiger partial charge < -0.3 is 14.3 Å². The predicted octanol–water partition coefficient (Wildman–Crippen LogP) is 0.592. The van der Waals surface area contributed by atoms with Crippen LogP contribution in [0, 0.1) is 5.92 Å². The van der Waals surface area contributed by atoms with Gasteiger partial charge in [-0.05, 0) is 25.7 Å². The maximum atomic E-state index is 12.9. The molecule has 30 heavy (non-hydrogen) atoms. The summed E-state index contributed by atoms with van der Waals surface area (Å²) >= 11 is 0. The number of hydrogen-bond acceptors (Lipinski definition) is 8. The summed E-state index contributed by atoms with van der Waals surface area (Å²) in [6.45, 7) is 3.89. The average molecular weight is 413 g/mol. The fraction of sp³-hybridized carbons (Fsp3) is 0.526. The van der Waals surface area contributed by atoms with Gasteiger partial charge in [0.1, 0.15) is 5.69 Å². The van der Waals surface area contributed by atoms with Crippen LogP contribution in [-0.4, -0.2) is 85.4 Å². The molecular weight excluding hydrogens is 390 g/mol. The molecule has 2 aliphatic heterocycles. The third-order valence-electron chi connectivity index (χ3n) is 5.43. The number of carbonyl (C=O) groups excluding carboxylic acids is 3. The Morgan fingerprint density at radius 3 is 2.83 bits per heavy atom. The number of hydrogen-bond donors (Lipinski definition) is 0. The molecule has 0 aliphatic carbocycles. The molecular formula is C19H23N7O4. The van der Waals surface area contributed by atoms with Gasteiger partial charge in [-0.1, -0.05) is 5.16 Å². The molecule has 0 spiro atoms. The minimum Gasteiger partial charge on any atom is -0.339 e. The van der Waals surface area contributed by atoms with Crippen LogP contribution in [0.1, 0.15) is 25.7 Å². The molecule has 0 bridgehead atoms. The number of carbonyl (C=O) groups is 3. The van der Waals surface area contributed by atoms with Gasteiger partial charge in [-0.15, -0.1) is 0 Å². The van der Waals surface area contributed by atoms with E-state index in [2.05, 4.69) is 20.1 Å². The van der Waals surface area contributed by atoms with Crippen LogP contribution in [0.25, 0.3) is 11.5 Å². The van der Waals surface area contributed by atoms with Crippen molar-refractivity contribution in [3.05, 3.63) is 24.5 Å². The first-order valence-electron chi connectivity index (χ1n) is 10.1. The highest BCUT2D eigenvalue weighted by Crippen LogP contribution is 2.23. The number of aromatic nitrogens is 4. The van der Waals surface area contributed by atoms with Crippen LogP contribution >= 0.6 is 0 Å². The fourth-order valence-electron chi connectivity index (χ4n) is 3.84. The lowest BCUT2D eigenvalue weighted by atomic mass is 9.95. The van der Waals surface area contributed by atoms with Crippen LogP contribution < -0.4 is 0 Å². The van der Waals surface area contributed by atoms with Crippen LogP contribution in [0.2, 0.25) is 0 Å². The second kappa shape index (κ2) is 8.56. The van der Waals surface area contributed by atoms with E-state index in [0.717, 1.165) is 17.7 Å². The molecule has 0 unspecified atom stereocenters. The van der Waals surface area contributed by atoms with Crippen LogP contribution in [-0.2, 0) is 16.0 Å². The molecule has 0 saturated carbocycles. The van der Waals surface area contributed by atoms with Crippen molar-refractivity contribution < 1.29 is 18.9 Å². The van der Waals surface area contributed by atoms with E-state index in [1.165, 1.54) is 4.90 Å². The molecule has 0 aromatic carbocycles. The van der Waals surface area contributed by atoms with Crippen molar-refractivity contribution in [1.82, 2.24) is 34.8 Å². The van der Waals surface area contributed by atoms with E-state index in [9.17, 15) is 14.4 Å². The van der Waals surface area contributed by atoms with Gasteiger partial charge in [0.25, 0.3) is 0 Å². The molecule has 11 nitrogen and oxygen atoms in total. The van der Waals surface area contributed by atoms with Gasteiger partial charge in [-0.2, -0.15) is 4.98 Å². The topological polar surface area (TPSA) is 126 Å². The Hall–Kier alpha value is -3.37. The maximum absolute atomic E-state index is 12.9. The first-order valence-corrected chi connectivity index (χ1v) is 10.1. The van der Waals surface area contributed by atoms with E-state index < -0.39 is 17.8 Å². The first-order chi connectivity index (χ1) is 14.6. The summed E-state index contributed by atoms with van der Waals surface area (Å²) in [4.78, 5) is 54.0. The van der Waals surface area contributed by atoms with Crippen molar-refractivity contribution in [3.63, 3.8) is 0 Å². The van der Waals surface area contributed by atoms with Gasteiger partial charge in [0, 0.05) is 51.5 Å². The minimum absolute atomic E-state index is 0.126. The fourth-order valence-corrected chi connectivity index (χ4v) is 3.84. The predicted molar refractivity (Wildman–Crippen MR) is 103 cm³/mol. The van der Waals surface area contributed by atoms with Gasteiger partial charge in [0.2, 0.25) is 11.7 Å². The number of imide groups is 1. The van der Waals surface area contributed by atoms with E-state index in [4.69, 9.17) is 4.52 Å². The van der Waals surface area contributed by atoms with Crippen LogP contribution in [0.5, 0.6) is 0 Å². The number of urea groups is 1. The van der Waals surface area contributed by atoms with Crippen molar-refractivity contribution in [1.29, 1.82) is 0 Å². The van der Waals surface area contributed by atoms with E-state index >= 15 is 0 Å². The molecule has 2 saturated heterocycles. The monoisotopic (exact) mass is 413 g/mol. The molecule has 2 aliphatic rings. The second-order valence-corrected chi connectivity index (χ2v) is 7.38. The summed E-state index contributed by atoms with van der Waals surface area (Å²) in [5.41, 5.74) is 0.530. The van der Waals surface area contributed by atoms with E-state index in [0.29, 0.717) is 50.0 Å². The molecule has 0 N–H and O–H groups in total. The van der Waals surface area contributed by atoms with Gasteiger partial charge in [0.05, 0.1) is 6.20 Å². The Morgan fingerprint density at radius 1 is 1.20 bits per heavy atom. The summed E-state index contributed by atoms with van der Waals surface area (Å²) in [7, 11) is 0. The number of amides is 4. The molecule has 4 heterocycles. The Kier molecular flexibility index (Phi) is 5.68. The second-order valence-electron chi connectivity index (χ2n) is 7.38. The highest BCUT2D eigenvalue weighted by atomic mass is 16.5. The SMILES string of the molecule is CCN1CCN(C(=O)N2CCC[C@@H](Cc3nc(-c4cnccn4)no3)C2)C(=O)C1=O. The van der Waals surface area contributed by atoms with E-state index in [-0.39, 0.29) is 12.5 Å². The molecule has 2 aromatic rings. The molecule has 158 valence electrons. The van der Waals surface area contributed by atoms with Crippen LogP contribution in [0.3, 0.4) is 0 Å². The zero-order chi connectivity index (χ0) is 21.1. The molecule has 2 aromatic heterocycles. The highest BCUT2D eigenvalue weighted by molar-refractivity contribution is 6.38. The van der Waals surface area contributed by atoms with Gasteiger partial charge in [-0.25, -0.2) is 9.78 Å². The van der Waals surface area contributed by atoms with E-state index in [1.807, 2.05) is 6.92 Å². The number of likely N-dealkylation sites (tertiary alicyclic amines) is 1. The van der Waals surface area contributed by atoms with Crippen molar-refractivity contribution in [2.24, 2.45) is 5.92 Å². The van der Waals surface area contributed by atoms with Crippen molar-refractivity contribution in [2.75, 3.05) is 32.7 Å². The quantitative estimate of drug-likeness (QED) is 0.667. The molecule has 2 fully saturated rings. The zero-order valence-electron chi connectivity index (χ0n) is 16.7. The summed E-state index contributed by atoms with van der Waals surface area (Å²) in [6.07, 6.45) is 6.92. The summed E-state index contributed by atoms with van der Waals surface area (Å²) < 4.78 is 5.34. The Bertz CT molecular complexity index is 932. The normalized spacial score (nSPS) is 20.0. The smallest absolute Gasteiger partial charge is 0.327 e. The molecule has 0 radical (unpaired) electrons. The third-order valence-corrected chi connectivity index (χ3v) is 5.43. The lowest BCUT2D eigenvalue weighted by Crippen LogP contribution is -2.59.